The van der Waals surface area contributed by atoms with E-state index >= 15 is 0 Å². The predicted octanol–water partition coefficient (Wildman–Crippen LogP) is 6.37. The lowest BCUT2D eigenvalue weighted by Gasteiger charge is -2.32. The van der Waals surface area contributed by atoms with Crippen LogP contribution in [0.1, 0.15) is 37.3 Å². The van der Waals surface area contributed by atoms with Crippen LogP contribution >= 0.6 is 34.8 Å². The van der Waals surface area contributed by atoms with Gasteiger partial charge in [-0.15, -0.1) is 0 Å². The third-order valence-electron chi connectivity index (χ3n) is 6.73. The van der Waals surface area contributed by atoms with Crippen LogP contribution in [0.4, 0.5) is 5.69 Å². The summed E-state index contributed by atoms with van der Waals surface area (Å²) >= 11 is 18.6. The third-order valence-corrected chi connectivity index (χ3v) is 8.96. The largest absolute Gasteiger partial charge is 0.495 e. The van der Waals surface area contributed by atoms with Crippen LogP contribution in [-0.2, 0) is 32.6 Å². The first-order valence-corrected chi connectivity index (χ1v) is 16.8. The van der Waals surface area contributed by atoms with Gasteiger partial charge >= 0.3 is 0 Å². The number of hydrogen-bond donors (Lipinski definition) is 1. The summed E-state index contributed by atoms with van der Waals surface area (Å²) in [4.78, 5) is 28.9. The summed E-state index contributed by atoms with van der Waals surface area (Å²) in [5.41, 5.74) is 1.95. The minimum absolute atomic E-state index is 0.0103. The summed E-state index contributed by atoms with van der Waals surface area (Å²) in [6.45, 7) is 2.55. The number of amides is 2. The van der Waals surface area contributed by atoms with Crippen LogP contribution in [0, 0.1) is 0 Å². The molecule has 0 aliphatic rings. The van der Waals surface area contributed by atoms with Crippen molar-refractivity contribution in [2.75, 3.05) is 30.8 Å². The second-order valence-electron chi connectivity index (χ2n) is 10.0. The molecule has 0 aliphatic carbocycles. The highest BCUT2D eigenvalue weighted by Crippen LogP contribution is 2.30. The summed E-state index contributed by atoms with van der Waals surface area (Å²) in [6.07, 6.45) is 2.31. The molecule has 0 spiro atoms. The van der Waals surface area contributed by atoms with Crippen molar-refractivity contribution in [1.29, 1.82) is 0 Å². The summed E-state index contributed by atoms with van der Waals surface area (Å²) in [6, 6.07) is 18.4. The van der Waals surface area contributed by atoms with Crippen molar-refractivity contribution in [3.63, 3.8) is 0 Å². The number of nitrogens with one attached hydrogen (secondary N) is 1. The SMILES string of the molecule is CCCNC(=O)[C@@H](Cc1ccccc1)N(Cc1ccc(Cl)c(Cl)c1)C(=O)CCCN(c1ccc(OC)c(Cl)c1)S(C)(=O)=O. The van der Waals surface area contributed by atoms with Gasteiger partial charge in [-0.3, -0.25) is 13.9 Å². The number of sulfonamides is 1. The van der Waals surface area contributed by atoms with E-state index in [0.717, 1.165) is 18.2 Å². The highest BCUT2D eigenvalue weighted by molar-refractivity contribution is 7.92. The Morgan fingerprint density at radius 1 is 0.930 bits per heavy atom. The molecule has 0 heterocycles. The highest BCUT2D eigenvalue weighted by Gasteiger charge is 2.30. The van der Waals surface area contributed by atoms with Crippen LogP contribution in [0.3, 0.4) is 0 Å². The molecule has 0 bridgehead atoms. The Morgan fingerprint density at radius 2 is 1.65 bits per heavy atom. The molecule has 232 valence electrons. The van der Waals surface area contributed by atoms with Gasteiger partial charge in [-0.25, -0.2) is 8.42 Å². The molecule has 1 atom stereocenters. The van der Waals surface area contributed by atoms with E-state index in [2.05, 4.69) is 5.32 Å². The number of hydrogen-bond acceptors (Lipinski definition) is 5. The number of carbonyl (C=O) groups is 2. The van der Waals surface area contributed by atoms with Gasteiger partial charge in [0.1, 0.15) is 11.8 Å². The Balaban J connectivity index is 1.89. The van der Waals surface area contributed by atoms with Crippen LogP contribution in [0.25, 0.3) is 0 Å². The molecule has 0 unspecified atom stereocenters. The number of halogens is 3. The Kier molecular flexibility index (Phi) is 13.0. The van der Waals surface area contributed by atoms with Gasteiger partial charge in [0.15, 0.2) is 0 Å². The zero-order chi connectivity index (χ0) is 31.6. The standard InChI is InChI=1S/C31H36Cl3N3O5S/c1-4-16-35-31(39)28(19-22-9-6-5-7-10-22)36(21-23-12-14-25(32)26(33)18-23)30(38)11-8-17-37(43(3,40)41)24-13-15-29(42-2)27(34)20-24/h5-7,9-10,12-15,18,20,28H,4,8,11,16-17,19,21H2,1-3H3,(H,35,39)/t28-/m1/s1. The maximum atomic E-state index is 13.9. The molecule has 0 saturated heterocycles. The lowest BCUT2D eigenvalue weighted by atomic mass is 10.0. The van der Waals surface area contributed by atoms with E-state index in [4.69, 9.17) is 39.5 Å². The van der Waals surface area contributed by atoms with Gasteiger partial charge < -0.3 is 15.0 Å². The quantitative estimate of drug-likeness (QED) is 0.203. The zero-order valence-electron chi connectivity index (χ0n) is 24.4. The number of methoxy groups -OCH3 is 1. The van der Waals surface area contributed by atoms with Gasteiger partial charge in [0.2, 0.25) is 21.8 Å². The van der Waals surface area contributed by atoms with Crippen LogP contribution in [0.2, 0.25) is 15.1 Å². The number of carbonyl (C=O) groups excluding carboxylic acids is 2. The average Bonchev–Trinajstić information content (AvgIpc) is 2.97. The van der Waals surface area contributed by atoms with E-state index < -0.39 is 16.1 Å². The Bertz CT molecular complexity index is 1510. The van der Waals surface area contributed by atoms with E-state index in [9.17, 15) is 18.0 Å². The molecule has 0 aromatic heterocycles. The molecule has 0 radical (unpaired) electrons. The minimum Gasteiger partial charge on any atom is -0.495 e. The van der Waals surface area contributed by atoms with Crippen LogP contribution < -0.4 is 14.4 Å². The van der Waals surface area contributed by atoms with Crippen molar-refractivity contribution in [1.82, 2.24) is 10.2 Å². The van der Waals surface area contributed by atoms with Crippen molar-refractivity contribution in [2.45, 2.75) is 45.2 Å². The molecule has 0 saturated carbocycles. The number of anilines is 1. The molecule has 1 N–H and O–H groups in total. The number of rotatable bonds is 15. The van der Waals surface area contributed by atoms with Crippen molar-refractivity contribution in [2.24, 2.45) is 0 Å². The van der Waals surface area contributed by atoms with Crippen molar-refractivity contribution in [3.05, 3.63) is 92.9 Å². The summed E-state index contributed by atoms with van der Waals surface area (Å²) < 4.78 is 31.8. The Labute approximate surface area is 268 Å². The van der Waals surface area contributed by atoms with E-state index in [0.29, 0.717) is 40.0 Å². The molecular formula is C31H36Cl3N3O5S. The molecule has 0 aliphatic heterocycles. The van der Waals surface area contributed by atoms with Crippen molar-refractivity contribution >= 4 is 62.3 Å². The topological polar surface area (TPSA) is 96.0 Å². The van der Waals surface area contributed by atoms with Crippen LogP contribution in [-0.4, -0.2) is 57.6 Å². The van der Waals surface area contributed by atoms with Gasteiger partial charge in [0, 0.05) is 32.5 Å². The predicted molar refractivity (Wildman–Crippen MR) is 174 cm³/mol. The summed E-state index contributed by atoms with van der Waals surface area (Å²) in [5.74, 6) is -0.164. The normalized spacial score (nSPS) is 12.0. The van der Waals surface area contributed by atoms with E-state index in [1.165, 1.54) is 22.4 Å². The Morgan fingerprint density at radius 3 is 2.26 bits per heavy atom. The molecule has 12 heteroatoms. The lowest BCUT2D eigenvalue weighted by Crippen LogP contribution is -2.50. The lowest BCUT2D eigenvalue weighted by molar-refractivity contribution is -0.141. The molecule has 0 fully saturated rings. The molecule has 3 rings (SSSR count). The van der Waals surface area contributed by atoms with Crippen LogP contribution in [0.15, 0.2) is 66.7 Å². The minimum atomic E-state index is -3.69. The second kappa shape index (κ2) is 16.2. The molecule has 8 nitrogen and oxygen atoms in total. The maximum absolute atomic E-state index is 13.9. The van der Waals surface area contributed by atoms with E-state index in [1.54, 1.807) is 30.3 Å². The number of nitrogens with zero attached hydrogens (tertiary/aromatic N) is 2. The van der Waals surface area contributed by atoms with Gasteiger partial charge in [0.25, 0.3) is 0 Å². The second-order valence-corrected chi connectivity index (χ2v) is 13.2. The van der Waals surface area contributed by atoms with Crippen LogP contribution in [0.5, 0.6) is 5.75 Å². The highest BCUT2D eigenvalue weighted by atomic mass is 35.5. The van der Waals surface area contributed by atoms with Gasteiger partial charge in [-0.05, 0) is 54.3 Å². The van der Waals surface area contributed by atoms with Gasteiger partial charge in [-0.2, -0.15) is 0 Å². The molecule has 3 aromatic rings. The third kappa shape index (κ3) is 10.0. The monoisotopic (exact) mass is 667 g/mol. The van der Waals surface area contributed by atoms with E-state index in [1.807, 2.05) is 37.3 Å². The fourth-order valence-electron chi connectivity index (χ4n) is 4.57. The van der Waals surface area contributed by atoms with Crippen molar-refractivity contribution < 1.29 is 22.7 Å². The number of benzene rings is 3. The molecule has 43 heavy (non-hydrogen) atoms. The molecule has 2 amide bonds. The van der Waals surface area contributed by atoms with E-state index in [-0.39, 0.29) is 42.8 Å². The maximum Gasteiger partial charge on any atom is 0.243 e. The summed E-state index contributed by atoms with van der Waals surface area (Å²) in [5, 5.41) is 3.91. The first-order valence-electron chi connectivity index (χ1n) is 13.8. The fraction of sp³-hybridized carbons (Fsp3) is 0.355. The molecular weight excluding hydrogens is 633 g/mol. The van der Waals surface area contributed by atoms with Gasteiger partial charge in [0.05, 0.1) is 34.1 Å². The van der Waals surface area contributed by atoms with Gasteiger partial charge in [-0.1, -0.05) is 78.1 Å². The first kappa shape index (κ1) is 34.5. The average molecular weight is 669 g/mol. The summed E-state index contributed by atoms with van der Waals surface area (Å²) in [7, 11) is -2.22. The first-order chi connectivity index (χ1) is 20.4. The molecule has 3 aromatic carbocycles. The van der Waals surface area contributed by atoms with Crippen molar-refractivity contribution in [3.8, 4) is 5.75 Å². The number of ether oxygens (including phenoxy) is 1. The smallest absolute Gasteiger partial charge is 0.243 e. The Hall–Kier alpha value is -2.98. The fourth-order valence-corrected chi connectivity index (χ4v) is 6.10. The zero-order valence-corrected chi connectivity index (χ0v) is 27.4.